The van der Waals surface area contributed by atoms with E-state index in [2.05, 4.69) is 11.1 Å². The van der Waals surface area contributed by atoms with Crippen LogP contribution >= 0.6 is 0 Å². The lowest BCUT2D eigenvalue weighted by molar-refractivity contribution is -0.137. The first-order valence-corrected chi connectivity index (χ1v) is 6.80. The standard InChI is InChI=1S/C12H13F3N2OS/c1-11(2,8-16)5-6-19(18)10-4-3-9(7-17-10)12(13,14)15/h3-4,7H,5-6H2,1-2H3/t19-/m0/s1. The third kappa shape index (κ3) is 4.63. The molecule has 0 aromatic carbocycles. The van der Waals surface area contributed by atoms with Crippen LogP contribution < -0.4 is 0 Å². The molecule has 7 heteroatoms. The molecule has 0 aliphatic rings. The highest BCUT2D eigenvalue weighted by molar-refractivity contribution is 7.84. The maximum absolute atomic E-state index is 12.3. The van der Waals surface area contributed by atoms with Crippen LogP contribution in [0.4, 0.5) is 13.2 Å². The zero-order valence-corrected chi connectivity index (χ0v) is 11.3. The summed E-state index contributed by atoms with van der Waals surface area (Å²) in [5, 5.41) is 8.91. The predicted octanol–water partition coefficient (Wildman–Crippen LogP) is 3.15. The quantitative estimate of drug-likeness (QED) is 0.856. The first kappa shape index (κ1) is 15.6. The maximum Gasteiger partial charge on any atom is 0.417 e. The molecule has 0 N–H and O–H groups in total. The third-order valence-electron chi connectivity index (χ3n) is 2.51. The molecular weight excluding hydrogens is 277 g/mol. The fraction of sp³-hybridized carbons (Fsp3) is 0.500. The van der Waals surface area contributed by atoms with Crippen molar-refractivity contribution in [3.05, 3.63) is 23.9 Å². The van der Waals surface area contributed by atoms with Gasteiger partial charge in [0, 0.05) is 11.9 Å². The van der Waals surface area contributed by atoms with E-state index >= 15 is 0 Å². The Bertz CT molecular complexity index is 503. The SMILES string of the molecule is CC(C)(C#N)CC[S@](=O)c1ccc(C(F)(F)F)cn1. The van der Waals surface area contributed by atoms with Gasteiger partial charge in [0.2, 0.25) is 0 Å². The van der Waals surface area contributed by atoms with Crippen LogP contribution in [0.1, 0.15) is 25.8 Å². The van der Waals surface area contributed by atoms with Gasteiger partial charge in [-0.3, -0.25) is 4.21 Å². The lowest BCUT2D eigenvalue weighted by Crippen LogP contribution is -2.13. The Morgan fingerprint density at radius 3 is 2.42 bits per heavy atom. The molecule has 0 bridgehead atoms. The van der Waals surface area contributed by atoms with E-state index in [1.807, 2.05) is 0 Å². The van der Waals surface area contributed by atoms with Crippen LogP contribution in [0.5, 0.6) is 0 Å². The molecule has 1 aromatic rings. The van der Waals surface area contributed by atoms with Crippen molar-refractivity contribution in [3.8, 4) is 6.07 Å². The lowest BCUT2D eigenvalue weighted by atomic mass is 9.93. The molecule has 0 spiro atoms. The second kappa shape index (κ2) is 5.70. The minimum absolute atomic E-state index is 0.0988. The number of hydrogen-bond acceptors (Lipinski definition) is 3. The summed E-state index contributed by atoms with van der Waals surface area (Å²) < 4.78 is 48.8. The highest BCUT2D eigenvalue weighted by atomic mass is 32.2. The van der Waals surface area contributed by atoms with Gasteiger partial charge in [0.05, 0.1) is 27.8 Å². The Morgan fingerprint density at radius 1 is 1.37 bits per heavy atom. The van der Waals surface area contributed by atoms with Crippen molar-refractivity contribution < 1.29 is 17.4 Å². The molecule has 0 radical (unpaired) electrons. The van der Waals surface area contributed by atoms with Gasteiger partial charge in [0.25, 0.3) is 0 Å². The van der Waals surface area contributed by atoms with Gasteiger partial charge in [-0.05, 0) is 32.4 Å². The summed E-state index contributed by atoms with van der Waals surface area (Å²) >= 11 is 0. The molecule has 3 nitrogen and oxygen atoms in total. The number of aromatic nitrogens is 1. The summed E-state index contributed by atoms with van der Waals surface area (Å²) in [4.78, 5) is 3.57. The normalized spacial score (nSPS) is 13.9. The Hall–Kier alpha value is -1.42. The van der Waals surface area contributed by atoms with Gasteiger partial charge in [-0.25, -0.2) is 4.98 Å². The van der Waals surface area contributed by atoms with Crippen LogP contribution in [0, 0.1) is 16.7 Å². The number of hydrogen-bond donors (Lipinski definition) is 0. The number of pyridine rings is 1. The first-order valence-electron chi connectivity index (χ1n) is 5.48. The van der Waals surface area contributed by atoms with Gasteiger partial charge in [-0.1, -0.05) is 0 Å². The monoisotopic (exact) mass is 290 g/mol. The number of halogens is 3. The Labute approximate surface area is 111 Å². The van der Waals surface area contributed by atoms with E-state index in [4.69, 9.17) is 5.26 Å². The van der Waals surface area contributed by atoms with Gasteiger partial charge in [-0.15, -0.1) is 0 Å². The van der Waals surface area contributed by atoms with Gasteiger partial charge in [-0.2, -0.15) is 18.4 Å². The molecule has 0 unspecified atom stereocenters. The fourth-order valence-electron chi connectivity index (χ4n) is 1.19. The van der Waals surface area contributed by atoms with E-state index in [1.54, 1.807) is 13.8 Å². The van der Waals surface area contributed by atoms with E-state index in [1.165, 1.54) is 0 Å². The van der Waals surface area contributed by atoms with E-state index in [0.717, 1.165) is 12.1 Å². The van der Waals surface area contributed by atoms with Crippen LogP contribution in [0.15, 0.2) is 23.4 Å². The van der Waals surface area contributed by atoms with E-state index in [0.29, 0.717) is 12.6 Å². The molecule has 1 atom stereocenters. The summed E-state index contributed by atoms with van der Waals surface area (Å²) in [6.45, 7) is 3.43. The molecule has 104 valence electrons. The van der Waals surface area contributed by atoms with Crippen LogP contribution in [-0.2, 0) is 17.0 Å². The van der Waals surface area contributed by atoms with Gasteiger partial charge in [0.1, 0.15) is 5.03 Å². The van der Waals surface area contributed by atoms with Crippen molar-refractivity contribution in [2.24, 2.45) is 5.41 Å². The van der Waals surface area contributed by atoms with E-state index in [-0.39, 0.29) is 10.8 Å². The summed E-state index contributed by atoms with van der Waals surface area (Å²) in [5.74, 6) is 0.193. The molecule has 0 fully saturated rings. The van der Waals surface area contributed by atoms with Crippen molar-refractivity contribution >= 4 is 10.8 Å². The molecule has 19 heavy (non-hydrogen) atoms. The average Bonchev–Trinajstić information content (AvgIpc) is 2.35. The van der Waals surface area contributed by atoms with Crippen molar-refractivity contribution in [2.75, 3.05) is 5.75 Å². The fourth-order valence-corrected chi connectivity index (χ4v) is 2.49. The molecule has 0 aliphatic heterocycles. The van der Waals surface area contributed by atoms with Crippen molar-refractivity contribution in [3.63, 3.8) is 0 Å². The predicted molar refractivity (Wildman–Crippen MR) is 64.5 cm³/mol. The molecule has 0 aliphatic carbocycles. The van der Waals surface area contributed by atoms with Crippen LogP contribution in [0.25, 0.3) is 0 Å². The van der Waals surface area contributed by atoms with Gasteiger partial charge >= 0.3 is 6.18 Å². The Morgan fingerprint density at radius 2 is 2.00 bits per heavy atom. The first-order chi connectivity index (χ1) is 8.65. The zero-order valence-electron chi connectivity index (χ0n) is 10.5. The number of nitrogens with zero attached hydrogens (tertiary/aromatic N) is 2. The van der Waals surface area contributed by atoms with Crippen molar-refractivity contribution in [1.82, 2.24) is 4.98 Å². The highest BCUT2D eigenvalue weighted by Crippen LogP contribution is 2.28. The van der Waals surface area contributed by atoms with Gasteiger partial charge in [0.15, 0.2) is 0 Å². The molecule has 1 aromatic heterocycles. The molecule has 1 heterocycles. The van der Waals surface area contributed by atoms with Crippen LogP contribution in [-0.4, -0.2) is 14.9 Å². The molecular formula is C12H13F3N2OS. The van der Waals surface area contributed by atoms with Crippen molar-refractivity contribution in [2.45, 2.75) is 31.5 Å². The number of rotatable bonds is 4. The molecule has 0 saturated carbocycles. The molecule has 0 amide bonds. The second-order valence-electron chi connectivity index (χ2n) is 4.68. The maximum atomic E-state index is 12.3. The Kier molecular flexibility index (Phi) is 4.69. The number of nitriles is 1. The third-order valence-corrected chi connectivity index (χ3v) is 3.79. The highest BCUT2D eigenvalue weighted by Gasteiger charge is 2.30. The van der Waals surface area contributed by atoms with Crippen LogP contribution in [0.3, 0.4) is 0 Å². The molecule has 0 saturated heterocycles. The number of alkyl halides is 3. The van der Waals surface area contributed by atoms with E-state index < -0.39 is 28.0 Å². The molecule has 1 rings (SSSR count). The summed E-state index contributed by atoms with van der Waals surface area (Å²) in [7, 11) is -1.50. The topological polar surface area (TPSA) is 53.8 Å². The Balaban J connectivity index is 2.72. The van der Waals surface area contributed by atoms with Gasteiger partial charge < -0.3 is 0 Å². The van der Waals surface area contributed by atoms with E-state index in [9.17, 15) is 17.4 Å². The summed E-state index contributed by atoms with van der Waals surface area (Å²) in [6, 6.07) is 4.04. The lowest BCUT2D eigenvalue weighted by Gasteiger charge is -2.14. The zero-order chi connectivity index (χ0) is 14.7. The average molecular weight is 290 g/mol. The minimum atomic E-state index is -4.45. The van der Waals surface area contributed by atoms with Crippen molar-refractivity contribution in [1.29, 1.82) is 5.26 Å². The largest absolute Gasteiger partial charge is 0.417 e. The minimum Gasteiger partial charge on any atom is -0.253 e. The van der Waals surface area contributed by atoms with Crippen LogP contribution in [0.2, 0.25) is 0 Å². The summed E-state index contributed by atoms with van der Waals surface area (Å²) in [5.41, 5.74) is -1.48. The summed E-state index contributed by atoms with van der Waals surface area (Å²) in [6.07, 6.45) is -3.39. The second-order valence-corrected chi connectivity index (χ2v) is 6.20. The smallest absolute Gasteiger partial charge is 0.253 e.